The molecule has 33 heavy (non-hydrogen) atoms. The van der Waals surface area contributed by atoms with Gasteiger partial charge >= 0.3 is 6.18 Å². The van der Waals surface area contributed by atoms with Gasteiger partial charge in [0.25, 0.3) is 0 Å². The van der Waals surface area contributed by atoms with Gasteiger partial charge in [0, 0.05) is 22.4 Å². The fourth-order valence-corrected chi connectivity index (χ4v) is 4.72. The fraction of sp³-hybridized carbons (Fsp3) is 0.333. The molecule has 0 bridgehead atoms. The number of carbonyl (C=O) groups is 2. The van der Waals surface area contributed by atoms with E-state index in [9.17, 15) is 27.2 Å². The predicted molar refractivity (Wildman–Crippen MR) is 121 cm³/mol. The predicted octanol–water partition coefficient (Wildman–Crippen LogP) is 7.19. The van der Waals surface area contributed by atoms with Gasteiger partial charge in [-0.1, -0.05) is 36.2 Å². The van der Waals surface area contributed by atoms with Gasteiger partial charge in [-0.15, -0.1) is 23.2 Å². The Hall–Kier alpha value is -1.74. The first-order valence-corrected chi connectivity index (χ1v) is 11.0. The number of halogens is 8. The quantitative estimate of drug-likeness (QED) is 0.298. The molecule has 0 spiro atoms. The van der Waals surface area contributed by atoms with Crippen molar-refractivity contribution in [2.75, 3.05) is 10.6 Å². The average Bonchev–Trinajstić information content (AvgIpc) is 3.25. The second kappa shape index (κ2) is 9.49. The van der Waals surface area contributed by atoms with E-state index >= 15 is 0 Å². The summed E-state index contributed by atoms with van der Waals surface area (Å²) >= 11 is 24.5. The summed E-state index contributed by atoms with van der Waals surface area (Å²) in [6, 6.07) is 8.31. The van der Waals surface area contributed by atoms with Crippen LogP contribution in [-0.2, 0) is 9.59 Å². The van der Waals surface area contributed by atoms with Gasteiger partial charge in [-0.25, -0.2) is 4.39 Å². The van der Waals surface area contributed by atoms with Gasteiger partial charge < -0.3 is 10.6 Å². The first-order chi connectivity index (χ1) is 15.2. The molecule has 1 aliphatic rings. The van der Waals surface area contributed by atoms with E-state index in [0.29, 0.717) is 15.6 Å². The molecule has 2 N–H and O–H groups in total. The van der Waals surface area contributed by atoms with E-state index < -0.39 is 52.3 Å². The Morgan fingerprint density at radius 3 is 2.15 bits per heavy atom. The molecular formula is C21H16Cl4F4N2O2. The van der Waals surface area contributed by atoms with Crippen LogP contribution in [0.2, 0.25) is 10.0 Å². The lowest BCUT2D eigenvalue weighted by molar-refractivity contribution is -0.173. The Morgan fingerprint density at radius 1 is 1.06 bits per heavy atom. The van der Waals surface area contributed by atoms with Crippen LogP contribution in [-0.4, -0.2) is 22.3 Å². The zero-order chi connectivity index (χ0) is 24.7. The summed E-state index contributed by atoms with van der Waals surface area (Å²) in [6.07, 6.45) is -5.44. The van der Waals surface area contributed by atoms with Gasteiger partial charge in [0.1, 0.15) is 4.33 Å². The molecule has 1 aliphatic carbocycles. The molecule has 0 saturated heterocycles. The smallest absolute Gasteiger partial charge is 0.324 e. The first-order valence-electron chi connectivity index (χ1n) is 9.51. The number of alkyl halides is 5. The summed E-state index contributed by atoms with van der Waals surface area (Å²) in [4.78, 5) is 24.7. The fourth-order valence-electron chi connectivity index (χ4n) is 3.35. The maximum atomic E-state index is 14.8. The molecule has 178 valence electrons. The van der Waals surface area contributed by atoms with Gasteiger partial charge in [0.05, 0.1) is 23.2 Å². The van der Waals surface area contributed by atoms with E-state index in [-0.39, 0.29) is 11.4 Å². The van der Waals surface area contributed by atoms with Crippen molar-refractivity contribution >= 4 is 69.6 Å². The standard InChI is InChI=1S/C21H16Cl4F4N2O2/c1-9(21(27,28)29)5-15(32)30-13-3-2-4-14(18(13)26)31-19(33)17-16(20(17,24)25)10-6-11(22)8-12(23)7-10/h2-4,6-9,16-17H,5H2,1H3,(H,30,32)(H,31,33)/t9?,16-,17+/m0/s1. The molecule has 2 aromatic rings. The van der Waals surface area contributed by atoms with Gasteiger partial charge in [0.15, 0.2) is 5.82 Å². The Kier molecular flexibility index (Phi) is 7.44. The molecule has 12 heteroatoms. The highest BCUT2D eigenvalue weighted by molar-refractivity contribution is 6.53. The van der Waals surface area contributed by atoms with E-state index in [4.69, 9.17) is 46.4 Å². The van der Waals surface area contributed by atoms with Crippen molar-refractivity contribution in [1.82, 2.24) is 0 Å². The number of hydrogen-bond donors (Lipinski definition) is 2. The normalized spacial score (nSPS) is 20.2. The number of nitrogens with one attached hydrogen (secondary N) is 2. The average molecular weight is 546 g/mol. The highest BCUT2D eigenvalue weighted by atomic mass is 35.5. The summed E-state index contributed by atoms with van der Waals surface area (Å²) in [6.45, 7) is 0.844. The third-order valence-electron chi connectivity index (χ3n) is 5.16. The number of amides is 2. The molecule has 1 unspecified atom stereocenters. The molecule has 0 aromatic heterocycles. The van der Waals surface area contributed by atoms with Gasteiger partial charge in [-0.3, -0.25) is 9.59 Å². The third kappa shape index (κ3) is 5.85. The van der Waals surface area contributed by atoms with Crippen molar-refractivity contribution in [3.05, 3.63) is 57.8 Å². The van der Waals surface area contributed by atoms with Crippen molar-refractivity contribution in [1.29, 1.82) is 0 Å². The topological polar surface area (TPSA) is 58.2 Å². The van der Waals surface area contributed by atoms with E-state index in [1.807, 2.05) is 0 Å². The van der Waals surface area contributed by atoms with Crippen LogP contribution in [0.4, 0.5) is 28.9 Å². The van der Waals surface area contributed by atoms with Crippen molar-refractivity contribution in [2.45, 2.75) is 29.8 Å². The molecule has 2 aromatic carbocycles. The lowest BCUT2D eigenvalue weighted by Gasteiger charge is -2.16. The van der Waals surface area contributed by atoms with E-state index in [1.165, 1.54) is 18.2 Å². The molecule has 0 heterocycles. The van der Waals surface area contributed by atoms with Crippen LogP contribution in [0.25, 0.3) is 0 Å². The zero-order valence-electron chi connectivity index (χ0n) is 16.7. The zero-order valence-corrected chi connectivity index (χ0v) is 19.8. The summed E-state index contributed by atoms with van der Waals surface area (Å²) in [5.41, 5.74) is -0.164. The van der Waals surface area contributed by atoms with Crippen LogP contribution in [0.3, 0.4) is 0 Å². The molecule has 2 amide bonds. The van der Waals surface area contributed by atoms with Gasteiger partial charge in [0.2, 0.25) is 11.8 Å². The number of benzene rings is 2. The van der Waals surface area contributed by atoms with Crippen LogP contribution in [0.15, 0.2) is 36.4 Å². The maximum absolute atomic E-state index is 14.8. The second-order valence-electron chi connectivity index (χ2n) is 7.68. The van der Waals surface area contributed by atoms with Crippen molar-refractivity contribution in [2.24, 2.45) is 11.8 Å². The number of hydrogen-bond acceptors (Lipinski definition) is 2. The third-order valence-corrected chi connectivity index (χ3v) is 6.54. The Labute approximate surface area is 206 Å². The van der Waals surface area contributed by atoms with Crippen LogP contribution in [0.5, 0.6) is 0 Å². The minimum atomic E-state index is -4.56. The molecule has 0 aliphatic heterocycles. The molecule has 0 radical (unpaired) electrons. The highest BCUT2D eigenvalue weighted by Gasteiger charge is 2.67. The van der Waals surface area contributed by atoms with E-state index in [1.54, 1.807) is 12.1 Å². The number of carbonyl (C=O) groups excluding carboxylic acids is 2. The van der Waals surface area contributed by atoms with Gasteiger partial charge in [-0.2, -0.15) is 13.2 Å². The lowest BCUT2D eigenvalue weighted by atomic mass is 10.1. The lowest BCUT2D eigenvalue weighted by Crippen LogP contribution is -2.26. The van der Waals surface area contributed by atoms with Crippen molar-refractivity contribution in [3.8, 4) is 0 Å². The van der Waals surface area contributed by atoms with Crippen LogP contribution < -0.4 is 10.6 Å². The van der Waals surface area contributed by atoms with Crippen molar-refractivity contribution < 1.29 is 27.2 Å². The molecule has 3 rings (SSSR count). The highest BCUT2D eigenvalue weighted by Crippen LogP contribution is 2.65. The van der Waals surface area contributed by atoms with Gasteiger partial charge in [-0.05, 0) is 35.9 Å². The molecule has 4 nitrogen and oxygen atoms in total. The summed E-state index contributed by atoms with van der Waals surface area (Å²) in [7, 11) is 0. The number of rotatable bonds is 6. The maximum Gasteiger partial charge on any atom is 0.392 e. The monoisotopic (exact) mass is 544 g/mol. The van der Waals surface area contributed by atoms with Crippen LogP contribution in [0.1, 0.15) is 24.8 Å². The number of anilines is 2. The summed E-state index contributed by atoms with van der Waals surface area (Å²) < 4.78 is 51.2. The Balaban J connectivity index is 1.72. The molecule has 1 saturated carbocycles. The summed E-state index contributed by atoms with van der Waals surface area (Å²) in [5.74, 6) is -6.28. The summed E-state index contributed by atoms with van der Waals surface area (Å²) in [5, 5.41) is 5.09. The minimum absolute atomic E-state index is 0.305. The first kappa shape index (κ1) is 25.9. The Morgan fingerprint density at radius 2 is 1.61 bits per heavy atom. The minimum Gasteiger partial charge on any atom is -0.324 e. The van der Waals surface area contributed by atoms with Crippen LogP contribution >= 0.6 is 46.4 Å². The molecular weight excluding hydrogens is 530 g/mol. The molecule has 3 atom stereocenters. The van der Waals surface area contributed by atoms with E-state index in [0.717, 1.165) is 13.0 Å². The second-order valence-corrected chi connectivity index (χ2v) is 10.0. The Bertz CT molecular complexity index is 1070. The van der Waals surface area contributed by atoms with Crippen LogP contribution in [0, 0.1) is 17.7 Å². The molecule has 1 fully saturated rings. The SMILES string of the molecule is CC(CC(=O)Nc1cccc(NC(=O)[C@H]2[C@H](c3cc(Cl)cc(Cl)c3)C2(Cl)Cl)c1F)C(F)(F)F. The largest absolute Gasteiger partial charge is 0.392 e. The van der Waals surface area contributed by atoms with Crippen molar-refractivity contribution in [3.63, 3.8) is 0 Å². The van der Waals surface area contributed by atoms with E-state index in [2.05, 4.69) is 10.6 Å².